The molecule has 19 nitrogen and oxygen atoms in total. The first kappa shape index (κ1) is 53.8. The Morgan fingerprint density at radius 1 is 0.600 bits per heavy atom. The Bertz CT molecular complexity index is 2790. The molecule has 0 saturated carbocycles. The summed E-state index contributed by atoms with van der Waals surface area (Å²) in [5.41, 5.74) is 3.68. The fraction of sp³-hybridized carbons (Fsp3) is 0.180. The minimum atomic E-state index is -0.289. The van der Waals surface area contributed by atoms with Gasteiger partial charge in [0.2, 0.25) is 6.79 Å². The van der Waals surface area contributed by atoms with Crippen molar-refractivity contribution in [3.63, 3.8) is 0 Å². The van der Waals surface area contributed by atoms with Crippen LogP contribution in [0.3, 0.4) is 0 Å². The van der Waals surface area contributed by atoms with Gasteiger partial charge in [0.05, 0.1) is 35.6 Å². The van der Waals surface area contributed by atoms with Gasteiger partial charge in [0.15, 0.2) is 17.3 Å². The monoisotopic (exact) mass is 975 g/mol. The molecule has 0 spiro atoms. The van der Waals surface area contributed by atoms with Gasteiger partial charge in [-0.15, -0.1) is 0 Å². The molecule has 3 aliphatic rings. The number of rotatable bonds is 5. The predicted molar refractivity (Wildman–Crippen MR) is 257 cm³/mol. The van der Waals surface area contributed by atoms with Gasteiger partial charge in [0.1, 0.15) is 5.75 Å². The number of amides is 8. The van der Waals surface area contributed by atoms with E-state index in [0.29, 0.717) is 61.2 Å². The quantitative estimate of drug-likeness (QED) is 0.175. The molecule has 0 aliphatic carbocycles. The minimum Gasteiger partial charge on any atom is -0.497 e. The van der Waals surface area contributed by atoms with E-state index in [1.807, 2.05) is 0 Å². The Hall–Kier alpha value is -8.84. The Kier molecular flexibility index (Phi) is 19.9. The molecular formula is C50H50ClN7O12. The van der Waals surface area contributed by atoms with E-state index < -0.39 is 0 Å². The van der Waals surface area contributed by atoms with Crippen molar-refractivity contribution in [2.45, 2.75) is 0 Å². The van der Waals surface area contributed by atoms with E-state index in [1.54, 1.807) is 158 Å². The summed E-state index contributed by atoms with van der Waals surface area (Å²) in [7, 11) is 12.7. The molecule has 0 saturated heterocycles. The molecule has 364 valence electrons. The van der Waals surface area contributed by atoms with Gasteiger partial charge < -0.3 is 39.5 Å². The van der Waals surface area contributed by atoms with E-state index in [9.17, 15) is 38.4 Å². The standard InChI is InChI=1S/C9H6ClNO2.C9H9NO3.C9H7NO2.C9H11NO2.C7H8N2O.C7H9NO2/c1-11-8(12)6-3-2-5(10)4-7(6)9(11)13;1-10-9(11)6-2-3-7-8(4-6)13-5-12-7;1-10-8(11)6-4-2-3-5-7(6)9(10)12;1-10-9(11)7-3-5-8(12-2)6-4-7;1-8-7(10)6-2-4-9-5-3-6;1-8(2)7(9)6-4-3-5-10-6/h2-4H,1H3;2-4H,5H2,1H3,(H,10,11);2-5H,1H3;3-6H,1-2H3,(H,10,11);2-5H,1H3,(H,8,10);3-5H,1-2H3. The van der Waals surface area contributed by atoms with E-state index in [-0.39, 0.29) is 54.1 Å². The third kappa shape index (κ3) is 14.1. The summed E-state index contributed by atoms with van der Waals surface area (Å²) in [4.78, 5) is 97.1. The highest BCUT2D eigenvalue weighted by molar-refractivity contribution is 6.32. The van der Waals surface area contributed by atoms with Gasteiger partial charge in [-0.1, -0.05) is 23.7 Å². The molecule has 9 rings (SSSR count). The third-order valence-electron chi connectivity index (χ3n) is 9.80. The first-order valence-corrected chi connectivity index (χ1v) is 21.2. The summed E-state index contributed by atoms with van der Waals surface area (Å²) in [6, 6.07) is 30.2. The fourth-order valence-electron chi connectivity index (χ4n) is 5.98. The molecule has 0 radical (unpaired) electrons. The average Bonchev–Trinajstić information content (AvgIpc) is 4.20. The number of nitrogens with zero attached hydrogens (tertiary/aromatic N) is 4. The van der Waals surface area contributed by atoms with Gasteiger partial charge in [-0.25, -0.2) is 0 Å². The molecule has 6 aromatic rings. The molecule has 4 aromatic carbocycles. The summed E-state index contributed by atoms with van der Waals surface area (Å²) in [6.45, 7) is 0.229. The van der Waals surface area contributed by atoms with E-state index in [2.05, 4.69) is 20.9 Å². The van der Waals surface area contributed by atoms with Crippen molar-refractivity contribution in [3.05, 3.63) is 178 Å². The number of pyridine rings is 1. The van der Waals surface area contributed by atoms with Crippen LogP contribution in [0.5, 0.6) is 17.2 Å². The molecule has 0 bridgehead atoms. The van der Waals surface area contributed by atoms with Crippen molar-refractivity contribution in [1.82, 2.24) is 35.6 Å². The van der Waals surface area contributed by atoms with Gasteiger partial charge in [0, 0.05) is 83.4 Å². The smallest absolute Gasteiger partial charge is 0.289 e. The van der Waals surface area contributed by atoms with Crippen LogP contribution >= 0.6 is 11.6 Å². The molecular weight excluding hydrogens is 926 g/mol. The molecule has 0 atom stereocenters. The van der Waals surface area contributed by atoms with Gasteiger partial charge >= 0.3 is 0 Å². The predicted octanol–water partition coefficient (Wildman–Crippen LogP) is 5.73. The van der Waals surface area contributed by atoms with E-state index in [1.165, 1.54) is 31.3 Å². The zero-order valence-corrected chi connectivity index (χ0v) is 40.2. The summed E-state index contributed by atoms with van der Waals surface area (Å²) in [6.07, 6.45) is 4.66. The number of hydrogen-bond acceptors (Lipinski definition) is 13. The number of nitrogens with one attached hydrogen (secondary N) is 3. The first-order chi connectivity index (χ1) is 33.5. The highest BCUT2D eigenvalue weighted by Crippen LogP contribution is 2.32. The maximum absolute atomic E-state index is 11.4. The van der Waals surface area contributed by atoms with Crippen LogP contribution in [-0.2, 0) is 0 Å². The van der Waals surface area contributed by atoms with Crippen LogP contribution in [0.1, 0.15) is 83.1 Å². The zero-order valence-electron chi connectivity index (χ0n) is 39.4. The van der Waals surface area contributed by atoms with Crippen molar-refractivity contribution in [2.75, 3.05) is 63.2 Å². The lowest BCUT2D eigenvalue weighted by atomic mass is 10.1. The second-order valence-corrected chi connectivity index (χ2v) is 15.0. The van der Waals surface area contributed by atoms with Gasteiger partial charge in [-0.05, 0) is 97.1 Å². The summed E-state index contributed by atoms with van der Waals surface area (Å²) in [5.74, 6) is 1.06. The molecule has 20 heteroatoms. The Morgan fingerprint density at radius 3 is 1.59 bits per heavy atom. The lowest BCUT2D eigenvalue weighted by molar-refractivity contribution is 0.0678. The van der Waals surface area contributed by atoms with Crippen molar-refractivity contribution in [3.8, 4) is 17.2 Å². The first-order valence-electron chi connectivity index (χ1n) is 20.9. The van der Waals surface area contributed by atoms with E-state index >= 15 is 0 Å². The maximum Gasteiger partial charge on any atom is 0.289 e. The molecule has 8 amide bonds. The minimum absolute atomic E-state index is 0.0811. The number of carbonyl (C=O) groups excluding carboxylic acids is 8. The molecule has 3 N–H and O–H groups in total. The van der Waals surface area contributed by atoms with Crippen LogP contribution in [-0.4, -0.2) is 130 Å². The van der Waals surface area contributed by atoms with Crippen LogP contribution in [0.15, 0.2) is 132 Å². The highest BCUT2D eigenvalue weighted by Gasteiger charge is 2.33. The van der Waals surface area contributed by atoms with Gasteiger partial charge in [-0.3, -0.25) is 53.1 Å². The zero-order chi connectivity index (χ0) is 51.5. The topological polar surface area (TPSA) is 236 Å². The van der Waals surface area contributed by atoms with Crippen molar-refractivity contribution < 1.29 is 57.0 Å². The lowest BCUT2D eigenvalue weighted by Gasteiger charge is -2.05. The number of hydrogen-bond donors (Lipinski definition) is 3. The Morgan fingerprint density at radius 2 is 1.09 bits per heavy atom. The second-order valence-electron chi connectivity index (χ2n) is 14.5. The summed E-state index contributed by atoms with van der Waals surface area (Å²) >= 11 is 5.70. The normalized spacial score (nSPS) is 12.0. The third-order valence-corrected chi connectivity index (χ3v) is 10.0. The number of imide groups is 2. The highest BCUT2D eigenvalue weighted by atomic mass is 35.5. The van der Waals surface area contributed by atoms with Crippen molar-refractivity contribution >= 4 is 58.9 Å². The van der Waals surface area contributed by atoms with E-state index in [4.69, 9.17) is 30.2 Å². The molecule has 3 aliphatic heterocycles. The fourth-order valence-corrected chi connectivity index (χ4v) is 6.15. The van der Waals surface area contributed by atoms with Crippen LogP contribution < -0.4 is 30.2 Å². The summed E-state index contributed by atoms with van der Waals surface area (Å²) < 4.78 is 20.1. The second kappa shape index (κ2) is 25.9. The number of fused-ring (bicyclic) bond motifs is 3. The number of aromatic nitrogens is 1. The largest absolute Gasteiger partial charge is 0.497 e. The number of ether oxygens (including phenoxy) is 3. The molecule has 0 unspecified atom stereocenters. The molecule has 2 aromatic heterocycles. The lowest BCUT2D eigenvalue weighted by Crippen LogP contribution is -2.24. The molecule has 0 fully saturated rings. The average molecular weight is 976 g/mol. The maximum atomic E-state index is 11.4. The number of methoxy groups -OCH3 is 1. The SMILES string of the molecule is CN(C)C(=O)c1ccco1.CN1C(=O)c2ccc(Cl)cc2C1=O.CN1C(=O)c2ccccc2C1=O.CNC(=O)c1ccc(OC)cc1.CNC(=O)c1ccc2c(c1)OCO2.CNC(=O)c1ccncc1. The van der Waals surface area contributed by atoms with Crippen LogP contribution in [0.4, 0.5) is 0 Å². The summed E-state index contributed by atoms with van der Waals surface area (Å²) in [5, 5.41) is 8.06. The van der Waals surface area contributed by atoms with Crippen LogP contribution in [0.2, 0.25) is 5.02 Å². The van der Waals surface area contributed by atoms with Crippen LogP contribution in [0.25, 0.3) is 0 Å². The van der Waals surface area contributed by atoms with Gasteiger partial charge in [-0.2, -0.15) is 0 Å². The van der Waals surface area contributed by atoms with E-state index in [0.717, 1.165) is 15.5 Å². The van der Waals surface area contributed by atoms with Crippen molar-refractivity contribution in [1.29, 1.82) is 0 Å². The van der Waals surface area contributed by atoms with Gasteiger partial charge in [0.25, 0.3) is 47.3 Å². The Labute approximate surface area is 408 Å². The van der Waals surface area contributed by atoms with Crippen molar-refractivity contribution in [2.24, 2.45) is 0 Å². The number of halogens is 1. The molecule has 5 heterocycles. The molecule has 70 heavy (non-hydrogen) atoms. The number of furan rings is 1. The number of carbonyl (C=O) groups is 8. The number of benzene rings is 4. The Balaban J connectivity index is 0.000000183. The van der Waals surface area contributed by atoms with Crippen LogP contribution in [0, 0.1) is 0 Å².